The Hall–Kier alpha value is -1.87. The van der Waals surface area contributed by atoms with E-state index in [0.717, 1.165) is 27.8 Å². The maximum Gasteiger partial charge on any atom is 0.119 e. The van der Waals surface area contributed by atoms with E-state index in [9.17, 15) is 0 Å². The minimum atomic E-state index is 0.582. The molecule has 0 aromatic heterocycles. The molecule has 2 aromatic rings. The van der Waals surface area contributed by atoms with E-state index in [-0.39, 0.29) is 0 Å². The third-order valence-corrected chi connectivity index (χ3v) is 3.42. The lowest BCUT2D eigenvalue weighted by Crippen LogP contribution is -2.12. The van der Waals surface area contributed by atoms with E-state index in [2.05, 4.69) is 5.32 Å². The van der Waals surface area contributed by atoms with Crippen molar-refractivity contribution in [1.29, 1.82) is 0 Å². The van der Waals surface area contributed by atoms with Crippen molar-refractivity contribution in [1.82, 2.24) is 0 Å². The van der Waals surface area contributed by atoms with E-state index in [1.165, 1.54) is 0 Å². The normalized spacial score (nSPS) is 10.2. The van der Waals surface area contributed by atoms with Gasteiger partial charge in [-0.1, -0.05) is 17.7 Å². The average molecular weight is 292 g/mol. The number of halogens is 1. The van der Waals surface area contributed by atoms with Crippen LogP contribution in [-0.2, 0) is 0 Å². The number of ether oxygens (including phenoxy) is 2. The van der Waals surface area contributed by atoms with E-state index in [1.807, 2.05) is 49.4 Å². The molecule has 0 unspecified atom stereocenters. The molecule has 0 radical (unpaired) electrons. The first-order valence-electron chi connectivity index (χ1n) is 6.46. The number of methoxy groups -OCH3 is 1. The molecule has 0 aliphatic rings. The topological polar surface area (TPSA) is 30.5 Å². The Bertz CT molecular complexity index is 555. The summed E-state index contributed by atoms with van der Waals surface area (Å²) < 4.78 is 10.7. The molecule has 0 saturated heterocycles. The van der Waals surface area contributed by atoms with Crippen molar-refractivity contribution in [2.45, 2.75) is 6.92 Å². The minimum Gasteiger partial charge on any atom is -0.497 e. The first-order chi connectivity index (χ1) is 9.70. The molecule has 4 heteroatoms. The van der Waals surface area contributed by atoms with Crippen molar-refractivity contribution in [3.8, 4) is 11.5 Å². The molecular weight excluding hydrogens is 274 g/mol. The van der Waals surface area contributed by atoms with Crippen LogP contribution in [0, 0.1) is 6.92 Å². The molecular formula is C16H18ClNO2. The molecule has 0 spiro atoms. The van der Waals surface area contributed by atoms with Crippen LogP contribution >= 0.6 is 11.6 Å². The maximum absolute atomic E-state index is 6.07. The second-order valence-electron chi connectivity index (χ2n) is 4.36. The summed E-state index contributed by atoms with van der Waals surface area (Å²) in [5, 5.41) is 4.08. The lowest BCUT2D eigenvalue weighted by atomic mass is 10.2. The Morgan fingerprint density at radius 3 is 2.45 bits per heavy atom. The zero-order valence-electron chi connectivity index (χ0n) is 11.7. The van der Waals surface area contributed by atoms with Crippen molar-refractivity contribution in [3.05, 3.63) is 53.1 Å². The molecule has 0 aliphatic heterocycles. The Morgan fingerprint density at radius 2 is 1.75 bits per heavy atom. The SMILES string of the molecule is COc1ccc(OCCNc2cccc(Cl)c2C)cc1. The number of nitrogens with one attached hydrogen (secondary N) is 1. The largest absolute Gasteiger partial charge is 0.497 e. The molecule has 2 aromatic carbocycles. The van der Waals surface area contributed by atoms with Crippen LogP contribution < -0.4 is 14.8 Å². The summed E-state index contributed by atoms with van der Waals surface area (Å²) >= 11 is 6.07. The Kier molecular flexibility index (Phi) is 5.13. The Morgan fingerprint density at radius 1 is 1.05 bits per heavy atom. The number of hydrogen-bond acceptors (Lipinski definition) is 3. The van der Waals surface area contributed by atoms with Crippen molar-refractivity contribution in [2.24, 2.45) is 0 Å². The molecule has 1 N–H and O–H groups in total. The summed E-state index contributed by atoms with van der Waals surface area (Å²) in [7, 11) is 1.65. The summed E-state index contributed by atoms with van der Waals surface area (Å²) in [5.41, 5.74) is 2.09. The molecule has 3 nitrogen and oxygen atoms in total. The van der Waals surface area contributed by atoms with Gasteiger partial charge in [-0.05, 0) is 48.9 Å². The highest BCUT2D eigenvalue weighted by molar-refractivity contribution is 6.31. The van der Waals surface area contributed by atoms with Crippen LogP contribution in [0.2, 0.25) is 5.02 Å². The van der Waals surface area contributed by atoms with Crippen LogP contribution in [0.4, 0.5) is 5.69 Å². The van der Waals surface area contributed by atoms with Crippen molar-refractivity contribution >= 4 is 17.3 Å². The molecule has 0 aliphatic carbocycles. The van der Waals surface area contributed by atoms with Gasteiger partial charge >= 0.3 is 0 Å². The van der Waals surface area contributed by atoms with E-state index in [4.69, 9.17) is 21.1 Å². The first kappa shape index (κ1) is 14.5. The third-order valence-electron chi connectivity index (χ3n) is 3.01. The van der Waals surface area contributed by atoms with E-state index in [1.54, 1.807) is 7.11 Å². The lowest BCUT2D eigenvalue weighted by Gasteiger charge is -2.11. The summed E-state index contributed by atoms with van der Waals surface area (Å²) in [5.74, 6) is 1.65. The van der Waals surface area contributed by atoms with Gasteiger partial charge in [-0.15, -0.1) is 0 Å². The predicted molar refractivity (Wildman–Crippen MR) is 83.2 cm³/mol. The van der Waals surface area contributed by atoms with Gasteiger partial charge in [0.1, 0.15) is 18.1 Å². The molecule has 106 valence electrons. The molecule has 20 heavy (non-hydrogen) atoms. The quantitative estimate of drug-likeness (QED) is 0.811. The standard InChI is InChI=1S/C16H18ClNO2/c1-12-15(17)4-3-5-16(12)18-10-11-20-14-8-6-13(19-2)7-9-14/h3-9,18H,10-11H2,1-2H3. The monoisotopic (exact) mass is 291 g/mol. The zero-order valence-corrected chi connectivity index (χ0v) is 12.4. The molecule has 0 atom stereocenters. The van der Waals surface area contributed by atoms with Crippen LogP contribution in [0.15, 0.2) is 42.5 Å². The molecule has 0 heterocycles. The summed E-state index contributed by atoms with van der Waals surface area (Å²) in [6.45, 7) is 3.29. The number of hydrogen-bond donors (Lipinski definition) is 1. The van der Waals surface area contributed by atoms with Gasteiger partial charge in [-0.3, -0.25) is 0 Å². The number of anilines is 1. The molecule has 0 amide bonds. The highest BCUT2D eigenvalue weighted by Gasteiger charge is 2.01. The summed E-state index contributed by atoms with van der Waals surface area (Å²) in [4.78, 5) is 0. The predicted octanol–water partition coefficient (Wildman–Crippen LogP) is 4.15. The second-order valence-corrected chi connectivity index (χ2v) is 4.77. The maximum atomic E-state index is 6.07. The summed E-state index contributed by atoms with van der Waals surface area (Å²) in [6, 6.07) is 13.4. The van der Waals surface area contributed by atoms with Crippen molar-refractivity contribution < 1.29 is 9.47 Å². The minimum absolute atomic E-state index is 0.582. The van der Waals surface area contributed by atoms with Crippen molar-refractivity contribution in [3.63, 3.8) is 0 Å². The second kappa shape index (κ2) is 7.06. The van der Waals surface area contributed by atoms with Crippen molar-refractivity contribution in [2.75, 3.05) is 25.6 Å². The fraction of sp³-hybridized carbons (Fsp3) is 0.250. The van der Waals surface area contributed by atoms with Crippen LogP contribution in [0.25, 0.3) is 0 Å². The Labute approximate surface area is 124 Å². The third kappa shape index (κ3) is 3.81. The van der Waals surface area contributed by atoms with E-state index >= 15 is 0 Å². The zero-order chi connectivity index (χ0) is 14.4. The molecule has 2 rings (SSSR count). The van der Waals surface area contributed by atoms with Gasteiger partial charge in [-0.2, -0.15) is 0 Å². The smallest absolute Gasteiger partial charge is 0.119 e. The van der Waals surface area contributed by atoms with Gasteiger partial charge in [0.05, 0.1) is 7.11 Å². The first-order valence-corrected chi connectivity index (χ1v) is 6.84. The van der Waals surface area contributed by atoms with Gasteiger partial charge in [-0.25, -0.2) is 0 Å². The average Bonchev–Trinajstić information content (AvgIpc) is 2.48. The fourth-order valence-corrected chi connectivity index (χ4v) is 2.00. The molecule has 0 fully saturated rings. The lowest BCUT2D eigenvalue weighted by molar-refractivity contribution is 0.331. The van der Waals surface area contributed by atoms with Gasteiger partial charge in [0, 0.05) is 17.3 Å². The van der Waals surface area contributed by atoms with Gasteiger partial charge in [0.25, 0.3) is 0 Å². The highest BCUT2D eigenvalue weighted by atomic mass is 35.5. The van der Waals surface area contributed by atoms with Crippen LogP contribution in [-0.4, -0.2) is 20.3 Å². The van der Waals surface area contributed by atoms with Gasteiger partial charge in [0.15, 0.2) is 0 Å². The van der Waals surface area contributed by atoms with E-state index in [0.29, 0.717) is 13.2 Å². The summed E-state index contributed by atoms with van der Waals surface area (Å²) in [6.07, 6.45) is 0. The van der Waals surface area contributed by atoms with Gasteiger partial charge in [0.2, 0.25) is 0 Å². The van der Waals surface area contributed by atoms with Gasteiger partial charge < -0.3 is 14.8 Å². The fourth-order valence-electron chi connectivity index (χ4n) is 1.83. The molecule has 0 saturated carbocycles. The Balaban J connectivity index is 1.80. The van der Waals surface area contributed by atoms with Crippen LogP contribution in [0.3, 0.4) is 0 Å². The van der Waals surface area contributed by atoms with Crippen LogP contribution in [0.5, 0.6) is 11.5 Å². The van der Waals surface area contributed by atoms with E-state index < -0.39 is 0 Å². The molecule has 0 bridgehead atoms. The number of benzene rings is 2. The number of rotatable bonds is 6. The highest BCUT2D eigenvalue weighted by Crippen LogP contribution is 2.22. The van der Waals surface area contributed by atoms with Crippen LogP contribution in [0.1, 0.15) is 5.56 Å².